The van der Waals surface area contributed by atoms with Crippen LogP contribution in [0.25, 0.3) is 0 Å². The normalized spacial score (nSPS) is 18.2. The number of nitriles is 1. The first-order valence-electron chi connectivity index (χ1n) is 5.51. The van der Waals surface area contributed by atoms with Gasteiger partial charge < -0.3 is 0 Å². The molecule has 0 unspecified atom stereocenters. The third-order valence-electron chi connectivity index (χ3n) is 2.95. The Balaban J connectivity index is 2.19. The fourth-order valence-electron chi connectivity index (χ4n) is 2.05. The highest BCUT2D eigenvalue weighted by Crippen LogP contribution is 2.40. The van der Waals surface area contributed by atoms with Crippen molar-refractivity contribution in [3.63, 3.8) is 0 Å². The van der Waals surface area contributed by atoms with Gasteiger partial charge in [-0.1, -0.05) is 13.8 Å². The molecule has 0 radical (unpaired) electrons. The zero-order chi connectivity index (χ0) is 11.8. The second kappa shape index (κ2) is 3.75. The Morgan fingerprint density at radius 2 is 2.31 bits per heavy atom. The second-order valence-corrected chi connectivity index (χ2v) is 4.93. The first-order valence-corrected chi connectivity index (χ1v) is 5.51. The van der Waals surface area contributed by atoms with Crippen molar-refractivity contribution in [1.29, 1.82) is 5.26 Å². The first kappa shape index (κ1) is 10.9. The van der Waals surface area contributed by atoms with E-state index in [1.54, 1.807) is 6.20 Å². The number of ketones is 1. The number of aromatic nitrogens is 2. The molecule has 0 atom stereocenters. The number of hydrogen-bond acceptors (Lipinski definition) is 3. The lowest BCUT2D eigenvalue weighted by atomic mass is 9.65. The van der Waals surface area contributed by atoms with Gasteiger partial charge >= 0.3 is 0 Å². The van der Waals surface area contributed by atoms with Gasteiger partial charge in [0.05, 0.1) is 17.7 Å². The van der Waals surface area contributed by atoms with E-state index in [9.17, 15) is 4.79 Å². The largest absolute Gasteiger partial charge is 0.300 e. The standard InChI is InChI=1S/C12H15N3O/c1-9(2)6-15-7-10(5-14-15)12(8-13)3-11(16)4-12/h5,7,9H,3-4,6H2,1-2H3. The lowest BCUT2D eigenvalue weighted by Gasteiger charge is -2.32. The van der Waals surface area contributed by atoms with Crippen LogP contribution in [0.3, 0.4) is 0 Å². The Kier molecular flexibility index (Phi) is 2.55. The summed E-state index contributed by atoms with van der Waals surface area (Å²) in [7, 11) is 0. The second-order valence-electron chi connectivity index (χ2n) is 4.93. The van der Waals surface area contributed by atoms with Crippen molar-refractivity contribution in [1.82, 2.24) is 9.78 Å². The van der Waals surface area contributed by atoms with E-state index in [4.69, 9.17) is 5.26 Å². The van der Waals surface area contributed by atoms with Crippen LogP contribution in [0, 0.1) is 17.2 Å². The quantitative estimate of drug-likeness (QED) is 0.773. The molecule has 1 saturated carbocycles. The van der Waals surface area contributed by atoms with E-state index in [1.807, 2.05) is 10.9 Å². The maximum atomic E-state index is 11.1. The monoisotopic (exact) mass is 217 g/mol. The van der Waals surface area contributed by atoms with Gasteiger partial charge in [0, 0.05) is 31.1 Å². The van der Waals surface area contributed by atoms with Crippen LogP contribution in [0.4, 0.5) is 0 Å². The first-order chi connectivity index (χ1) is 7.55. The van der Waals surface area contributed by atoms with Gasteiger partial charge in [-0.2, -0.15) is 10.4 Å². The Morgan fingerprint density at radius 1 is 1.62 bits per heavy atom. The van der Waals surface area contributed by atoms with Crippen molar-refractivity contribution in [2.45, 2.75) is 38.6 Å². The van der Waals surface area contributed by atoms with E-state index >= 15 is 0 Å². The maximum Gasteiger partial charge on any atom is 0.136 e. The van der Waals surface area contributed by atoms with Gasteiger partial charge in [0.15, 0.2) is 0 Å². The summed E-state index contributed by atoms with van der Waals surface area (Å²) in [5, 5.41) is 13.4. The molecule has 4 heteroatoms. The molecule has 0 spiro atoms. The lowest BCUT2D eigenvalue weighted by Crippen LogP contribution is -2.40. The van der Waals surface area contributed by atoms with Gasteiger partial charge in [-0.15, -0.1) is 0 Å². The van der Waals surface area contributed by atoms with Crippen LogP contribution >= 0.6 is 0 Å². The number of nitrogens with zero attached hydrogens (tertiary/aromatic N) is 3. The van der Waals surface area contributed by atoms with Crippen LogP contribution in [0.5, 0.6) is 0 Å². The van der Waals surface area contributed by atoms with Crippen molar-refractivity contribution in [2.75, 3.05) is 0 Å². The fraction of sp³-hybridized carbons (Fsp3) is 0.583. The highest BCUT2D eigenvalue weighted by atomic mass is 16.1. The van der Waals surface area contributed by atoms with Gasteiger partial charge in [0.2, 0.25) is 0 Å². The minimum Gasteiger partial charge on any atom is -0.300 e. The van der Waals surface area contributed by atoms with Gasteiger partial charge in [-0.05, 0) is 5.92 Å². The molecule has 0 bridgehead atoms. The molecule has 2 rings (SSSR count). The molecule has 1 aromatic heterocycles. The molecule has 4 nitrogen and oxygen atoms in total. The van der Waals surface area contributed by atoms with Crippen molar-refractivity contribution in [3.8, 4) is 6.07 Å². The molecule has 1 aromatic rings. The molecule has 1 fully saturated rings. The molecule has 1 heterocycles. The number of carbonyl (C=O) groups is 1. The summed E-state index contributed by atoms with van der Waals surface area (Å²) < 4.78 is 1.85. The Hall–Kier alpha value is -1.63. The fourth-order valence-corrected chi connectivity index (χ4v) is 2.05. The zero-order valence-corrected chi connectivity index (χ0v) is 9.60. The molecule has 0 N–H and O–H groups in total. The van der Waals surface area contributed by atoms with Crippen molar-refractivity contribution < 1.29 is 4.79 Å². The van der Waals surface area contributed by atoms with E-state index < -0.39 is 5.41 Å². The number of Topliss-reactive ketones (excluding diaryl/α,β-unsaturated/α-hetero) is 1. The SMILES string of the molecule is CC(C)Cn1cc(C2(C#N)CC(=O)C2)cn1. The smallest absolute Gasteiger partial charge is 0.136 e. The minimum atomic E-state index is -0.591. The summed E-state index contributed by atoms with van der Waals surface area (Å²) in [5.41, 5.74) is 0.294. The van der Waals surface area contributed by atoms with Gasteiger partial charge in [-0.25, -0.2) is 0 Å². The number of hydrogen-bond donors (Lipinski definition) is 0. The van der Waals surface area contributed by atoms with E-state index in [0.29, 0.717) is 18.8 Å². The molecular weight excluding hydrogens is 202 g/mol. The molecule has 0 aliphatic heterocycles. The summed E-state index contributed by atoms with van der Waals surface area (Å²) in [6.07, 6.45) is 4.31. The maximum absolute atomic E-state index is 11.1. The molecule has 0 saturated heterocycles. The van der Waals surface area contributed by atoms with E-state index in [0.717, 1.165) is 12.1 Å². The van der Waals surface area contributed by atoms with E-state index in [1.165, 1.54) is 0 Å². The zero-order valence-electron chi connectivity index (χ0n) is 9.60. The summed E-state index contributed by atoms with van der Waals surface area (Å²) in [5.74, 6) is 0.687. The van der Waals surface area contributed by atoms with Crippen molar-refractivity contribution in [3.05, 3.63) is 18.0 Å². The predicted molar refractivity (Wildman–Crippen MR) is 58.6 cm³/mol. The summed E-state index contributed by atoms with van der Waals surface area (Å²) in [6.45, 7) is 5.08. The van der Waals surface area contributed by atoms with Crippen molar-refractivity contribution >= 4 is 5.78 Å². The highest BCUT2D eigenvalue weighted by molar-refractivity contribution is 5.90. The van der Waals surface area contributed by atoms with Crippen LogP contribution in [-0.2, 0) is 16.8 Å². The van der Waals surface area contributed by atoms with Crippen molar-refractivity contribution in [2.24, 2.45) is 5.92 Å². The van der Waals surface area contributed by atoms with Crippen LogP contribution < -0.4 is 0 Å². The summed E-state index contributed by atoms with van der Waals surface area (Å²) in [4.78, 5) is 11.1. The van der Waals surface area contributed by atoms with Crippen LogP contribution in [0.2, 0.25) is 0 Å². The third-order valence-corrected chi connectivity index (χ3v) is 2.95. The molecule has 16 heavy (non-hydrogen) atoms. The molecule has 0 aromatic carbocycles. The van der Waals surface area contributed by atoms with Crippen LogP contribution in [0.1, 0.15) is 32.3 Å². The van der Waals surface area contributed by atoms with Crippen LogP contribution in [0.15, 0.2) is 12.4 Å². The third kappa shape index (κ3) is 1.73. The summed E-state index contributed by atoms with van der Waals surface area (Å²) in [6, 6.07) is 2.25. The average molecular weight is 217 g/mol. The van der Waals surface area contributed by atoms with E-state index in [-0.39, 0.29) is 5.78 Å². The Labute approximate surface area is 94.9 Å². The molecular formula is C12H15N3O. The minimum absolute atomic E-state index is 0.165. The predicted octanol–water partition coefficient (Wildman–Crippen LogP) is 1.66. The van der Waals surface area contributed by atoms with E-state index in [2.05, 4.69) is 25.0 Å². The van der Waals surface area contributed by atoms with Gasteiger partial charge in [0.1, 0.15) is 5.78 Å². The average Bonchev–Trinajstić information content (AvgIpc) is 2.60. The Morgan fingerprint density at radius 3 is 2.81 bits per heavy atom. The molecule has 84 valence electrons. The summed E-state index contributed by atoms with van der Waals surface area (Å²) >= 11 is 0. The molecule has 1 aliphatic carbocycles. The molecule has 1 aliphatic rings. The topological polar surface area (TPSA) is 58.7 Å². The number of rotatable bonds is 3. The van der Waals surface area contributed by atoms with Crippen LogP contribution in [-0.4, -0.2) is 15.6 Å². The molecule has 0 amide bonds. The lowest BCUT2D eigenvalue weighted by molar-refractivity contribution is -0.126. The van der Waals surface area contributed by atoms with Gasteiger partial charge in [0.25, 0.3) is 0 Å². The Bertz CT molecular complexity index is 445. The highest BCUT2D eigenvalue weighted by Gasteiger charge is 2.46. The van der Waals surface area contributed by atoms with Gasteiger partial charge in [-0.3, -0.25) is 9.48 Å². The number of carbonyl (C=O) groups excluding carboxylic acids is 1.